The van der Waals surface area contributed by atoms with Crippen LogP contribution >= 0.6 is 0 Å². The molecule has 2 aromatic rings. The molecular formula is C20H20N2O7. The third-order valence-electron chi connectivity index (χ3n) is 3.95. The molecule has 0 fully saturated rings. The van der Waals surface area contributed by atoms with Gasteiger partial charge in [-0.15, -0.1) is 0 Å². The molecule has 152 valence electrons. The van der Waals surface area contributed by atoms with Crippen LogP contribution in [0.5, 0.6) is 0 Å². The number of aryl methyl sites for hydroxylation is 1. The summed E-state index contributed by atoms with van der Waals surface area (Å²) in [5.74, 6) is -2.30. The summed E-state index contributed by atoms with van der Waals surface area (Å²) in [7, 11) is 0. The zero-order valence-corrected chi connectivity index (χ0v) is 16.0. The van der Waals surface area contributed by atoms with Crippen molar-refractivity contribution in [2.45, 2.75) is 20.4 Å². The SMILES string of the molecule is CCOC(=O)c1cc(C(=O)OCC(=O)NCc2ccccc2C)cc([N+](=O)[O-])c1. The van der Waals surface area contributed by atoms with E-state index < -0.39 is 35.1 Å². The van der Waals surface area contributed by atoms with Gasteiger partial charge in [-0.25, -0.2) is 9.59 Å². The molecule has 0 radical (unpaired) electrons. The first-order valence-electron chi connectivity index (χ1n) is 8.76. The van der Waals surface area contributed by atoms with Crippen molar-refractivity contribution in [3.05, 3.63) is 74.8 Å². The average Bonchev–Trinajstić information content (AvgIpc) is 2.71. The van der Waals surface area contributed by atoms with Gasteiger partial charge in [-0.05, 0) is 31.0 Å². The molecule has 1 N–H and O–H groups in total. The average molecular weight is 400 g/mol. The third kappa shape index (κ3) is 6.13. The fourth-order valence-corrected chi connectivity index (χ4v) is 2.43. The first kappa shape index (κ1) is 21.5. The van der Waals surface area contributed by atoms with E-state index in [0.717, 1.165) is 29.3 Å². The molecule has 1 amide bonds. The predicted octanol–water partition coefficient (Wildman–Crippen LogP) is 2.55. The van der Waals surface area contributed by atoms with E-state index in [4.69, 9.17) is 9.47 Å². The molecule has 0 aliphatic carbocycles. The minimum absolute atomic E-state index is 0.0718. The van der Waals surface area contributed by atoms with Crippen molar-refractivity contribution in [2.24, 2.45) is 0 Å². The quantitative estimate of drug-likeness (QED) is 0.410. The van der Waals surface area contributed by atoms with Crippen LogP contribution in [0.4, 0.5) is 5.69 Å². The second-order valence-corrected chi connectivity index (χ2v) is 6.03. The number of hydrogen-bond acceptors (Lipinski definition) is 7. The number of nitro groups is 1. The molecule has 0 aliphatic rings. The lowest BCUT2D eigenvalue weighted by molar-refractivity contribution is -0.384. The maximum atomic E-state index is 12.2. The van der Waals surface area contributed by atoms with Crippen molar-refractivity contribution in [2.75, 3.05) is 13.2 Å². The maximum Gasteiger partial charge on any atom is 0.338 e. The Balaban J connectivity index is 2.02. The summed E-state index contributed by atoms with van der Waals surface area (Å²) in [6.45, 7) is 3.27. The molecule has 0 spiro atoms. The van der Waals surface area contributed by atoms with Gasteiger partial charge < -0.3 is 14.8 Å². The lowest BCUT2D eigenvalue weighted by Gasteiger charge is -2.09. The number of benzene rings is 2. The van der Waals surface area contributed by atoms with Crippen molar-refractivity contribution in [1.82, 2.24) is 5.32 Å². The van der Waals surface area contributed by atoms with Gasteiger partial charge in [0.1, 0.15) is 0 Å². The Bertz CT molecular complexity index is 940. The van der Waals surface area contributed by atoms with Gasteiger partial charge in [0.25, 0.3) is 11.6 Å². The van der Waals surface area contributed by atoms with Crippen LogP contribution in [-0.4, -0.2) is 36.0 Å². The van der Waals surface area contributed by atoms with E-state index in [9.17, 15) is 24.5 Å². The molecule has 0 aromatic heterocycles. The number of carbonyl (C=O) groups excluding carboxylic acids is 3. The smallest absolute Gasteiger partial charge is 0.338 e. The van der Waals surface area contributed by atoms with E-state index in [0.29, 0.717) is 0 Å². The van der Waals surface area contributed by atoms with Crippen LogP contribution in [0, 0.1) is 17.0 Å². The van der Waals surface area contributed by atoms with E-state index >= 15 is 0 Å². The number of ether oxygens (including phenoxy) is 2. The largest absolute Gasteiger partial charge is 0.462 e. The summed E-state index contributed by atoms with van der Waals surface area (Å²) in [4.78, 5) is 46.3. The highest BCUT2D eigenvalue weighted by Gasteiger charge is 2.20. The Morgan fingerprint density at radius 2 is 1.66 bits per heavy atom. The lowest BCUT2D eigenvalue weighted by atomic mass is 10.1. The number of nitro benzene ring substituents is 1. The Kier molecular flexibility index (Phi) is 7.41. The number of esters is 2. The minimum atomic E-state index is -0.967. The standard InChI is InChI=1S/C20H20N2O7/c1-3-28-19(24)15-8-16(10-17(9-15)22(26)27)20(25)29-12-18(23)21-11-14-7-5-4-6-13(14)2/h4-10H,3,11-12H2,1-2H3,(H,21,23). The van der Waals surface area contributed by atoms with Crippen LogP contribution in [0.25, 0.3) is 0 Å². The van der Waals surface area contributed by atoms with Gasteiger partial charge in [0.2, 0.25) is 0 Å². The summed E-state index contributed by atoms with van der Waals surface area (Å²) >= 11 is 0. The molecule has 0 heterocycles. The molecule has 9 nitrogen and oxygen atoms in total. The van der Waals surface area contributed by atoms with Crippen molar-refractivity contribution in [3.8, 4) is 0 Å². The van der Waals surface area contributed by atoms with Crippen molar-refractivity contribution >= 4 is 23.5 Å². The van der Waals surface area contributed by atoms with Crippen LogP contribution < -0.4 is 5.32 Å². The van der Waals surface area contributed by atoms with Crippen LogP contribution in [-0.2, 0) is 20.8 Å². The number of amides is 1. The van der Waals surface area contributed by atoms with Gasteiger partial charge >= 0.3 is 11.9 Å². The summed E-state index contributed by atoms with van der Waals surface area (Å²) in [6, 6.07) is 10.6. The Morgan fingerprint density at radius 3 is 2.24 bits per heavy atom. The number of carbonyl (C=O) groups is 3. The van der Waals surface area contributed by atoms with E-state index in [1.54, 1.807) is 6.92 Å². The van der Waals surface area contributed by atoms with E-state index in [-0.39, 0.29) is 24.3 Å². The number of non-ortho nitro benzene ring substituents is 1. The molecule has 0 unspecified atom stereocenters. The molecule has 2 rings (SSSR count). The molecule has 0 aliphatic heterocycles. The van der Waals surface area contributed by atoms with Crippen molar-refractivity contribution < 1.29 is 28.8 Å². The number of hydrogen-bond donors (Lipinski definition) is 1. The molecular weight excluding hydrogens is 380 g/mol. The van der Waals surface area contributed by atoms with Gasteiger partial charge in [-0.2, -0.15) is 0 Å². The van der Waals surface area contributed by atoms with Crippen molar-refractivity contribution in [3.63, 3.8) is 0 Å². The highest BCUT2D eigenvalue weighted by molar-refractivity contribution is 5.97. The summed E-state index contributed by atoms with van der Waals surface area (Å²) < 4.78 is 9.71. The maximum absolute atomic E-state index is 12.2. The zero-order valence-electron chi connectivity index (χ0n) is 16.0. The fraction of sp³-hybridized carbons (Fsp3) is 0.250. The fourth-order valence-electron chi connectivity index (χ4n) is 2.43. The summed E-state index contributed by atoms with van der Waals surface area (Å²) in [6.07, 6.45) is 0. The van der Waals surface area contributed by atoms with Crippen LogP contribution in [0.3, 0.4) is 0 Å². The monoisotopic (exact) mass is 400 g/mol. The highest BCUT2D eigenvalue weighted by Crippen LogP contribution is 2.19. The van der Waals surface area contributed by atoms with Crippen LogP contribution in [0.15, 0.2) is 42.5 Å². The Morgan fingerprint density at radius 1 is 1.03 bits per heavy atom. The third-order valence-corrected chi connectivity index (χ3v) is 3.95. The Labute approximate surface area is 166 Å². The van der Waals surface area contributed by atoms with Crippen LogP contribution in [0.1, 0.15) is 38.8 Å². The number of nitrogens with one attached hydrogen (secondary N) is 1. The summed E-state index contributed by atoms with van der Waals surface area (Å²) in [5.41, 5.74) is 1.08. The van der Waals surface area contributed by atoms with Gasteiger partial charge in [-0.1, -0.05) is 24.3 Å². The Hall–Kier alpha value is -3.75. The molecule has 0 atom stereocenters. The second-order valence-electron chi connectivity index (χ2n) is 6.03. The molecule has 0 bridgehead atoms. The van der Waals surface area contributed by atoms with E-state index in [1.165, 1.54) is 0 Å². The van der Waals surface area contributed by atoms with Gasteiger partial charge in [-0.3, -0.25) is 14.9 Å². The second kappa shape index (κ2) is 9.98. The van der Waals surface area contributed by atoms with Gasteiger partial charge in [0.15, 0.2) is 6.61 Å². The molecule has 9 heteroatoms. The molecule has 0 saturated carbocycles. The molecule has 2 aromatic carbocycles. The zero-order chi connectivity index (χ0) is 21.4. The molecule has 29 heavy (non-hydrogen) atoms. The summed E-state index contributed by atoms with van der Waals surface area (Å²) in [5, 5.41) is 13.7. The first-order chi connectivity index (χ1) is 13.8. The minimum Gasteiger partial charge on any atom is -0.462 e. The normalized spacial score (nSPS) is 10.1. The van der Waals surface area contributed by atoms with Crippen LogP contribution in [0.2, 0.25) is 0 Å². The lowest BCUT2D eigenvalue weighted by Crippen LogP contribution is -2.28. The van der Waals surface area contributed by atoms with E-state index in [2.05, 4.69) is 5.32 Å². The first-order valence-corrected chi connectivity index (χ1v) is 8.76. The van der Waals surface area contributed by atoms with Gasteiger partial charge in [0.05, 0.1) is 22.7 Å². The van der Waals surface area contributed by atoms with Crippen molar-refractivity contribution in [1.29, 1.82) is 0 Å². The topological polar surface area (TPSA) is 125 Å². The van der Waals surface area contributed by atoms with E-state index in [1.807, 2.05) is 31.2 Å². The number of rotatable bonds is 8. The number of nitrogens with zero attached hydrogens (tertiary/aromatic N) is 1. The predicted molar refractivity (Wildman–Crippen MR) is 102 cm³/mol. The van der Waals surface area contributed by atoms with Gasteiger partial charge in [0, 0.05) is 18.7 Å². The molecule has 0 saturated heterocycles. The highest BCUT2D eigenvalue weighted by atomic mass is 16.6.